The van der Waals surface area contributed by atoms with Crippen LogP contribution in [0.4, 0.5) is 5.69 Å². The molecule has 1 unspecified atom stereocenters. The van der Waals surface area contributed by atoms with Gasteiger partial charge in [0.05, 0.1) is 6.10 Å². The second-order valence-corrected chi connectivity index (χ2v) is 6.81. The van der Waals surface area contributed by atoms with Gasteiger partial charge in [0.1, 0.15) is 11.5 Å². The van der Waals surface area contributed by atoms with Crippen LogP contribution in [0, 0.1) is 0 Å². The SMILES string of the molecule is O=P(O)(O)Nc1ccc(O)cc1C(O)CCCc1ccc(O)cc1. The molecule has 0 aliphatic carbocycles. The van der Waals surface area contributed by atoms with Crippen molar-refractivity contribution in [3.8, 4) is 11.5 Å². The number of hydrogen-bond donors (Lipinski definition) is 6. The van der Waals surface area contributed by atoms with Crippen LogP contribution in [0.25, 0.3) is 0 Å². The van der Waals surface area contributed by atoms with Crippen LogP contribution in [0.1, 0.15) is 30.1 Å². The van der Waals surface area contributed by atoms with Gasteiger partial charge in [-0.3, -0.25) is 5.09 Å². The third-order valence-corrected chi connectivity index (χ3v) is 4.07. The number of rotatable bonds is 7. The Kier molecular flexibility index (Phi) is 5.85. The molecule has 1 atom stereocenters. The quantitative estimate of drug-likeness (QED) is 0.333. The lowest BCUT2D eigenvalue weighted by Gasteiger charge is -2.17. The maximum absolute atomic E-state index is 11.1. The second-order valence-electron chi connectivity index (χ2n) is 5.50. The van der Waals surface area contributed by atoms with E-state index in [0.717, 1.165) is 5.56 Å². The summed E-state index contributed by atoms with van der Waals surface area (Å²) in [5, 5.41) is 31.1. The van der Waals surface area contributed by atoms with Gasteiger partial charge in [0.2, 0.25) is 0 Å². The lowest BCUT2D eigenvalue weighted by atomic mass is 10.00. The molecule has 2 aromatic rings. The number of nitrogens with one attached hydrogen (secondary N) is 1. The van der Waals surface area contributed by atoms with Crippen molar-refractivity contribution in [2.75, 3.05) is 5.09 Å². The van der Waals surface area contributed by atoms with Gasteiger partial charge in [-0.15, -0.1) is 0 Å². The first kappa shape index (κ1) is 18.3. The normalized spacial score (nSPS) is 12.8. The standard InChI is InChI=1S/C16H20NO6P/c18-12-6-4-11(5-7-12)2-1-3-16(20)14-10-13(19)8-9-15(14)17-24(21,22)23/h4-10,16,18-20H,1-3H2,(H3,17,21,22,23). The van der Waals surface area contributed by atoms with Crippen LogP contribution >= 0.6 is 7.75 Å². The molecule has 2 aromatic carbocycles. The molecule has 0 radical (unpaired) electrons. The minimum atomic E-state index is -4.51. The first-order chi connectivity index (χ1) is 11.2. The predicted molar refractivity (Wildman–Crippen MR) is 89.8 cm³/mol. The molecule has 8 heteroatoms. The first-order valence-electron chi connectivity index (χ1n) is 7.37. The highest BCUT2D eigenvalue weighted by molar-refractivity contribution is 7.53. The van der Waals surface area contributed by atoms with Gasteiger partial charge in [0.15, 0.2) is 0 Å². The number of aromatic hydroxyl groups is 2. The van der Waals surface area contributed by atoms with Gasteiger partial charge >= 0.3 is 7.75 Å². The molecule has 0 saturated heterocycles. The number of phenolic OH excluding ortho intramolecular Hbond substituents is 2. The van der Waals surface area contributed by atoms with E-state index in [1.54, 1.807) is 24.3 Å². The third-order valence-electron chi connectivity index (χ3n) is 3.54. The minimum absolute atomic E-state index is 0.0817. The Morgan fingerprint density at radius 2 is 1.62 bits per heavy atom. The average molecular weight is 353 g/mol. The third kappa shape index (κ3) is 5.54. The highest BCUT2D eigenvalue weighted by Crippen LogP contribution is 2.40. The predicted octanol–water partition coefficient (Wildman–Crippen LogP) is 2.66. The van der Waals surface area contributed by atoms with Crippen molar-refractivity contribution in [1.82, 2.24) is 0 Å². The number of aliphatic hydroxyl groups is 1. The van der Waals surface area contributed by atoms with Crippen LogP contribution in [0.15, 0.2) is 42.5 Å². The molecule has 0 heterocycles. The zero-order valence-corrected chi connectivity index (χ0v) is 13.7. The maximum atomic E-state index is 11.1. The van der Waals surface area contributed by atoms with Gasteiger partial charge in [-0.1, -0.05) is 12.1 Å². The van der Waals surface area contributed by atoms with Gasteiger partial charge in [0, 0.05) is 11.3 Å². The summed E-state index contributed by atoms with van der Waals surface area (Å²) in [6, 6.07) is 10.6. The largest absolute Gasteiger partial charge is 0.508 e. The van der Waals surface area contributed by atoms with E-state index in [0.29, 0.717) is 19.3 Å². The summed E-state index contributed by atoms with van der Waals surface area (Å²) in [4.78, 5) is 18.1. The van der Waals surface area contributed by atoms with Crippen molar-refractivity contribution < 1.29 is 29.7 Å². The number of benzene rings is 2. The summed E-state index contributed by atoms with van der Waals surface area (Å²) in [6.07, 6.45) is 0.664. The van der Waals surface area contributed by atoms with E-state index in [4.69, 9.17) is 9.79 Å². The molecule has 2 rings (SSSR count). The molecule has 6 N–H and O–H groups in total. The Labute approximate surface area is 139 Å². The number of phenols is 2. The first-order valence-corrected chi connectivity index (χ1v) is 8.98. The zero-order valence-electron chi connectivity index (χ0n) is 12.8. The molecule has 0 fully saturated rings. The number of aryl methyl sites for hydroxylation is 1. The van der Waals surface area contributed by atoms with E-state index < -0.39 is 13.9 Å². The summed E-state index contributed by atoms with van der Waals surface area (Å²) in [7, 11) is -4.51. The monoisotopic (exact) mass is 353 g/mol. The van der Waals surface area contributed by atoms with Crippen molar-refractivity contribution >= 4 is 13.4 Å². The van der Waals surface area contributed by atoms with Gasteiger partial charge in [-0.2, -0.15) is 0 Å². The fourth-order valence-corrected chi connectivity index (χ4v) is 2.92. The van der Waals surface area contributed by atoms with Crippen molar-refractivity contribution in [3.05, 3.63) is 53.6 Å². The smallest absolute Gasteiger partial charge is 0.427 e. The van der Waals surface area contributed by atoms with Gasteiger partial charge in [0.25, 0.3) is 0 Å². The molecule has 0 bridgehead atoms. The van der Waals surface area contributed by atoms with E-state index in [1.165, 1.54) is 18.2 Å². The molecule has 0 aromatic heterocycles. The molecular weight excluding hydrogens is 333 g/mol. The van der Waals surface area contributed by atoms with Crippen LogP contribution in [-0.2, 0) is 11.0 Å². The Hall–Kier alpha value is -2.05. The summed E-state index contributed by atoms with van der Waals surface area (Å²) in [5.74, 6) is 0.0885. The van der Waals surface area contributed by atoms with Crippen LogP contribution < -0.4 is 5.09 Å². The van der Waals surface area contributed by atoms with Crippen molar-refractivity contribution in [2.45, 2.75) is 25.4 Å². The summed E-state index contributed by atoms with van der Waals surface area (Å²) < 4.78 is 11.1. The number of hydrogen-bond acceptors (Lipinski definition) is 4. The Balaban J connectivity index is 2.03. The summed E-state index contributed by atoms with van der Waals surface area (Å²) >= 11 is 0. The fourth-order valence-electron chi connectivity index (χ4n) is 2.40. The molecule has 0 amide bonds. The van der Waals surface area contributed by atoms with Crippen LogP contribution in [0.5, 0.6) is 11.5 Å². The molecule has 130 valence electrons. The molecule has 7 nitrogen and oxygen atoms in total. The maximum Gasteiger partial charge on any atom is 0.427 e. The second kappa shape index (κ2) is 7.68. The van der Waals surface area contributed by atoms with Crippen LogP contribution in [0.3, 0.4) is 0 Å². The fraction of sp³-hybridized carbons (Fsp3) is 0.250. The van der Waals surface area contributed by atoms with Crippen LogP contribution in [0.2, 0.25) is 0 Å². The minimum Gasteiger partial charge on any atom is -0.508 e. The average Bonchev–Trinajstić information content (AvgIpc) is 2.49. The topological polar surface area (TPSA) is 130 Å². The zero-order chi connectivity index (χ0) is 17.7. The van der Waals surface area contributed by atoms with Crippen molar-refractivity contribution in [2.24, 2.45) is 0 Å². The molecule has 24 heavy (non-hydrogen) atoms. The summed E-state index contributed by atoms with van der Waals surface area (Å²) in [5.41, 5.74) is 1.31. The lowest BCUT2D eigenvalue weighted by Crippen LogP contribution is -2.04. The van der Waals surface area contributed by atoms with E-state index >= 15 is 0 Å². The van der Waals surface area contributed by atoms with Crippen molar-refractivity contribution in [3.63, 3.8) is 0 Å². The molecule has 0 spiro atoms. The molecule has 0 aliphatic heterocycles. The van der Waals surface area contributed by atoms with E-state index in [1.807, 2.05) is 5.09 Å². The van der Waals surface area contributed by atoms with E-state index in [9.17, 15) is 19.9 Å². The summed E-state index contributed by atoms with van der Waals surface area (Å²) in [6.45, 7) is 0. The lowest BCUT2D eigenvalue weighted by molar-refractivity contribution is 0.165. The van der Waals surface area contributed by atoms with Gasteiger partial charge < -0.3 is 25.1 Å². The van der Waals surface area contributed by atoms with Gasteiger partial charge in [-0.05, 0) is 55.2 Å². The van der Waals surface area contributed by atoms with Crippen LogP contribution in [-0.4, -0.2) is 25.1 Å². The highest BCUT2D eigenvalue weighted by Gasteiger charge is 2.19. The Morgan fingerprint density at radius 3 is 2.25 bits per heavy atom. The van der Waals surface area contributed by atoms with E-state index in [2.05, 4.69) is 0 Å². The number of aliphatic hydroxyl groups excluding tert-OH is 1. The Bertz CT molecular complexity index is 728. The molecule has 0 saturated carbocycles. The number of anilines is 1. The molecular formula is C16H20NO6P. The van der Waals surface area contributed by atoms with Crippen molar-refractivity contribution in [1.29, 1.82) is 0 Å². The molecule has 0 aliphatic rings. The highest BCUT2D eigenvalue weighted by atomic mass is 31.2. The van der Waals surface area contributed by atoms with Gasteiger partial charge in [-0.25, -0.2) is 4.57 Å². The Morgan fingerprint density at radius 1 is 1.00 bits per heavy atom. The van der Waals surface area contributed by atoms with E-state index in [-0.39, 0.29) is 22.7 Å².